The number of benzene rings is 1. The second-order valence-electron chi connectivity index (χ2n) is 6.89. The lowest BCUT2D eigenvalue weighted by molar-refractivity contribution is 0.181. The van der Waals surface area contributed by atoms with Crippen molar-refractivity contribution in [3.63, 3.8) is 0 Å². The van der Waals surface area contributed by atoms with Crippen molar-refractivity contribution in [2.45, 2.75) is 70.1 Å². The molecule has 1 aliphatic rings. The monoisotopic (exact) mass is 338 g/mol. The Morgan fingerprint density at radius 2 is 1.70 bits per heavy atom. The number of hydrogen-bond acceptors (Lipinski definition) is 3. The van der Waals surface area contributed by atoms with E-state index in [2.05, 4.69) is 6.92 Å². The Morgan fingerprint density at radius 3 is 2.35 bits per heavy atom. The minimum absolute atomic E-state index is 0.299. The Kier molecular flexibility index (Phi) is 7.09. The SMILES string of the molecule is CCCCCC1CCC(COS(=O)(=O)c2ccccc2C)CC1. The molecule has 0 saturated heterocycles. The van der Waals surface area contributed by atoms with Crippen LogP contribution in [0.25, 0.3) is 0 Å². The fourth-order valence-corrected chi connectivity index (χ4v) is 4.66. The zero-order chi connectivity index (χ0) is 16.7. The predicted octanol–water partition coefficient (Wildman–Crippen LogP) is 5.09. The molecule has 2 rings (SSSR count). The van der Waals surface area contributed by atoms with Crippen LogP contribution in [0.4, 0.5) is 0 Å². The van der Waals surface area contributed by atoms with Crippen molar-refractivity contribution in [1.82, 2.24) is 0 Å². The molecule has 0 aromatic heterocycles. The largest absolute Gasteiger partial charge is 0.297 e. The molecule has 0 atom stereocenters. The lowest BCUT2D eigenvalue weighted by Crippen LogP contribution is -2.21. The Labute approximate surface area is 141 Å². The summed E-state index contributed by atoms with van der Waals surface area (Å²) >= 11 is 0. The zero-order valence-corrected chi connectivity index (χ0v) is 15.3. The van der Waals surface area contributed by atoms with E-state index in [9.17, 15) is 8.42 Å². The number of unbranched alkanes of at least 4 members (excludes halogenated alkanes) is 2. The molecule has 0 N–H and O–H groups in total. The first kappa shape index (κ1) is 18.5. The molecule has 0 unspecified atom stereocenters. The van der Waals surface area contributed by atoms with Gasteiger partial charge in [0.1, 0.15) is 0 Å². The smallest absolute Gasteiger partial charge is 0.266 e. The van der Waals surface area contributed by atoms with Gasteiger partial charge in [0.05, 0.1) is 11.5 Å². The molecule has 0 spiro atoms. The van der Waals surface area contributed by atoms with Crippen LogP contribution in [-0.4, -0.2) is 15.0 Å². The summed E-state index contributed by atoms with van der Waals surface area (Å²) in [7, 11) is -3.62. The molecule has 1 aromatic carbocycles. The van der Waals surface area contributed by atoms with Crippen LogP contribution >= 0.6 is 0 Å². The van der Waals surface area contributed by atoms with Crippen molar-refractivity contribution in [3.8, 4) is 0 Å². The van der Waals surface area contributed by atoms with Crippen LogP contribution in [0, 0.1) is 18.8 Å². The number of rotatable bonds is 8. The van der Waals surface area contributed by atoms with Gasteiger partial charge < -0.3 is 0 Å². The van der Waals surface area contributed by atoms with Crippen LogP contribution in [-0.2, 0) is 14.3 Å². The molecule has 0 aliphatic heterocycles. The van der Waals surface area contributed by atoms with Gasteiger partial charge >= 0.3 is 0 Å². The van der Waals surface area contributed by atoms with E-state index in [1.165, 1.54) is 38.5 Å². The highest BCUT2D eigenvalue weighted by atomic mass is 32.2. The summed E-state index contributed by atoms with van der Waals surface area (Å²) in [6, 6.07) is 7.01. The van der Waals surface area contributed by atoms with Crippen LogP contribution in [0.15, 0.2) is 29.2 Å². The third-order valence-corrected chi connectivity index (χ3v) is 6.45. The first-order chi connectivity index (χ1) is 11.0. The van der Waals surface area contributed by atoms with Gasteiger partial charge in [-0.3, -0.25) is 4.18 Å². The van der Waals surface area contributed by atoms with Gasteiger partial charge in [-0.05, 0) is 43.2 Å². The van der Waals surface area contributed by atoms with Gasteiger partial charge in [0.15, 0.2) is 0 Å². The molecule has 3 nitrogen and oxygen atoms in total. The Hall–Kier alpha value is -0.870. The summed E-state index contributed by atoms with van der Waals surface area (Å²) in [5.41, 5.74) is 0.743. The van der Waals surface area contributed by atoms with E-state index in [4.69, 9.17) is 4.18 Å². The lowest BCUT2D eigenvalue weighted by Gasteiger charge is -2.28. The summed E-state index contributed by atoms with van der Waals surface area (Å²) in [6.07, 6.45) is 9.93. The molecular weight excluding hydrogens is 308 g/mol. The second-order valence-corrected chi connectivity index (χ2v) is 8.47. The third kappa shape index (κ3) is 5.61. The van der Waals surface area contributed by atoms with E-state index in [1.807, 2.05) is 6.07 Å². The Morgan fingerprint density at radius 1 is 1.04 bits per heavy atom. The van der Waals surface area contributed by atoms with Crippen molar-refractivity contribution in [2.75, 3.05) is 6.61 Å². The van der Waals surface area contributed by atoms with E-state index in [-0.39, 0.29) is 0 Å². The first-order valence-electron chi connectivity index (χ1n) is 8.98. The molecule has 1 saturated carbocycles. The second kappa shape index (κ2) is 8.84. The first-order valence-corrected chi connectivity index (χ1v) is 10.4. The molecular formula is C19H30O3S. The van der Waals surface area contributed by atoms with Gasteiger partial charge in [-0.2, -0.15) is 8.42 Å². The molecule has 0 radical (unpaired) electrons. The van der Waals surface area contributed by atoms with E-state index >= 15 is 0 Å². The van der Waals surface area contributed by atoms with Crippen LogP contribution in [0.5, 0.6) is 0 Å². The average Bonchev–Trinajstić information content (AvgIpc) is 2.55. The van der Waals surface area contributed by atoms with Gasteiger partial charge in [0.25, 0.3) is 10.1 Å². The van der Waals surface area contributed by atoms with E-state index in [0.717, 1.165) is 24.3 Å². The maximum atomic E-state index is 12.3. The molecule has 1 fully saturated rings. The quantitative estimate of drug-likeness (QED) is 0.490. The molecule has 0 heterocycles. The van der Waals surface area contributed by atoms with Gasteiger partial charge in [0, 0.05) is 0 Å². The topological polar surface area (TPSA) is 43.4 Å². The normalized spacial score (nSPS) is 22.2. The van der Waals surface area contributed by atoms with Gasteiger partial charge in [0.2, 0.25) is 0 Å². The maximum absolute atomic E-state index is 12.3. The Bertz CT molecular complexity index is 572. The molecule has 0 amide bonds. The molecule has 23 heavy (non-hydrogen) atoms. The van der Waals surface area contributed by atoms with Crippen molar-refractivity contribution >= 4 is 10.1 Å². The standard InChI is InChI=1S/C19H30O3S/c1-3-4-5-9-17-11-13-18(14-12-17)15-22-23(20,21)19-10-7-6-8-16(19)2/h6-8,10,17-18H,3-5,9,11-15H2,1-2H3. The molecule has 0 bridgehead atoms. The fraction of sp³-hybridized carbons (Fsp3) is 0.684. The Balaban J connectivity index is 1.78. The highest BCUT2D eigenvalue weighted by molar-refractivity contribution is 7.86. The van der Waals surface area contributed by atoms with Gasteiger partial charge in [-0.1, -0.05) is 63.6 Å². The van der Waals surface area contributed by atoms with Crippen molar-refractivity contribution in [3.05, 3.63) is 29.8 Å². The molecule has 1 aromatic rings. The van der Waals surface area contributed by atoms with Crippen molar-refractivity contribution < 1.29 is 12.6 Å². The zero-order valence-electron chi connectivity index (χ0n) is 14.5. The van der Waals surface area contributed by atoms with Gasteiger partial charge in [-0.25, -0.2) is 0 Å². The minimum Gasteiger partial charge on any atom is -0.266 e. The van der Waals surface area contributed by atoms with E-state index < -0.39 is 10.1 Å². The summed E-state index contributed by atoms with van der Waals surface area (Å²) in [4.78, 5) is 0.299. The molecule has 1 aliphatic carbocycles. The van der Waals surface area contributed by atoms with Crippen molar-refractivity contribution in [1.29, 1.82) is 0 Å². The summed E-state index contributed by atoms with van der Waals surface area (Å²) < 4.78 is 30.0. The lowest BCUT2D eigenvalue weighted by atomic mass is 9.80. The van der Waals surface area contributed by atoms with Crippen LogP contribution in [0.3, 0.4) is 0 Å². The average molecular weight is 339 g/mol. The molecule has 130 valence electrons. The van der Waals surface area contributed by atoms with Crippen LogP contribution in [0.1, 0.15) is 63.9 Å². The van der Waals surface area contributed by atoms with E-state index in [1.54, 1.807) is 25.1 Å². The van der Waals surface area contributed by atoms with Crippen molar-refractivity contribution in [2.24, 2.45) is 11.8 Å². The predicted molar refractivity (Wildman–Crippen MR) is 93.9 cm³/mol. The van der Waals surface area contributed by atoms with Gasteiger partial charge in [-0.15, -0.1) is 0 Å². The highest BCUT2D eigenvalue weighted by Crippen LogP contribution is 2.32. The minimum atomic E-state index is -3.62. The summed E-state index contributed by atoms with van der Waals surface area (Å²) in [6.45, 7) is 4.37. The summed E-state index contributed by atoms with van der Waals surface area (Å²) in [5, 5.41) is 0. The highest BCUT2D eigenvalue weighted by Gasteiger charge is 2.24. The number of hydrogen-bond donors (Lipinski definition) is 0. The molecule has 4 heteroatoms. The van der Waals surface area contributed by atoms with E-state index in [0.29, 0.717) is 17.4 Å². The fourth-order valence-electron chi connectivity index (χ4n) is 3.46. The summed E-state index contributed by atoms with van der Waals surface area (Å²) in [5.74, 6) is 1.22. The number of aryl methyl sites for hydroxylation is 1. The van der Waals surface area contributed by atoms with Crippen LogP contribution in [0.2, 0.25) is 0 Å². The maximum Gasteiger partial charge on any atom is 0.297 e. The van der Waals surface area contributed by atoms with Crippen LogP contribution < -0.4 is 0 Å². The third-order valence-electron chi connectivity index (χ3n) is 5.00.